The number of hydrogen-bond acceptors (Lipinski definition) is 7. The second-order valence-corrected chi connectivity index (χ2v) is 12.0. The standard InChI is InChI=1S/C36H41F2N9O2/c1-3-47(28-8-9-30(39)29(19-28)33(40)26-10-14-43-31(18-26)34(37)38)36(49)27-11-15-45(20-27)21-32(48)46-16-12-24(13-17-46)23-4-6-25(7-5-23)35(41)44-22-42-2/h4-10,12,14,18-19,22,27,34,40H,3,11,13,15-17,20-21,39H2,1-2H3,(H2,41,42,44). The molecule has 49 heavy (non-hydrogen) atoms. The summed E-state index contributed by atoms with van der Waals surface area (Å²) in [5, 5.41) is 8.68. The molecule has 0 bridgehead atoms. The smallest absolute Gasteiger partial charge is 0.280 e. The summed E-state index contributed by atoms with van der Waals surface area (Å²) < 4.78 is 26.5. The predicted molar refractivity (Wildman–Crippen MR) is 189 cm³/mol. The average Bonchev–Trinajstić information content (AvgIpc) is 3.59. The largest absolute Gasteiger partial charge is 0.398 e. The van der Waals surface area contributed by atoms with E-state index in [0.717, 1.165) is 17.5 Å². The molecule has 256 valence electrons. The Morgan fingerprint density at radius 3 is 2.57 bits per heavy atom. The minimum Gasteiger partial charge on any atom is -0.398 e. The summed E-state index contributed by atoms with van der Waals surface area (Å²) in [7, 11) is 1.63. The van der Waals surface area contributed by atoms with E-state index in [9.17, 15) is 18.4 Å². The van der Waals surface area contributed by atoms with Crippen molar-refractivity contribution in [2.24, 2.45) is 21.6 Å². The van der Waals surface area contributed by atoms with Crippen LogP contribution in [0.15, 0.2) is 76.9 Å². The van der Waals surface area contributed by atoms with Crippen molar-refractivity contribution >= 4 is 46.6 Å². The molecule has 2 aromatic carbocycles. The van der Waals surface area contributed by atoms with Gasteiger partial charge in [-0.05, 0) is 67.8 Å². The van der Waals surface area contributed by atoms with Gasteiger partial charge in [0.2, 0.25) is 11.8 Å². The second kappa shape index (κ2) is 15.7. The molecule has 3 heterocycles. The van der Waals surface area contributed by atoms with Crippen molar-refractivity contribution in [1.82, 2.24) is 14.8 Å². The quantitative estimate of drug-likeness (QED) is 0.156. The van der Waals surface area contributed by atoms with Crippen LogP contribution in [0.4, 0.5) is 20.2 Å². The van der Waals surface area contributed by atoms with E-state index in [0.29, 0.717) is 61.9 Å². The van der Waals surface area contributed by atoms with Gasteiger partial charge < -0.3 is 21.3 Å². The molecular weight excluding hydrogens is 628 g/mol. The molecule has 5 N–H and O–H groups in total. The lowest BCUT2D eigenvalue weighted by Crippen LogP contribution is -2.42. The number of amidine groups is 1. The Bertz CT molecular complexity index is 1790. The van der Waals surface area contributed by atoms with Crippen LogP contribution in [0.3, 0.4) is 0 Å². The number of rotatable bonds is 11. The molecule has 1 atom stereocenters. The number of pyridine rings is 1. The zero-order valence-electron chi connectivity index (χ0n) is 27.7. The Morgan fingerprint density at radius 1 is 1.12 bits per heavy atom. The van der Waals surface area contributed by atoms with E-state index in [-0.39, 0.29) is 35.6 Å². The molecule has 11 nitrogen and oxygen atoms in total. The maximum absolute atomic E-state index is 13.7. The highest BCUT2D eigenvalue weighted by Crippen LogP contribution is 2.29. The molecular formula is C36H41F2N9O2. The predicted octanol–water partition coefficient (Wildman–Crippen LogP) is 4.37. The SMILES string of the molecule is CCN(C(=O)C1CCN(CC(=O)N2CC=C(c3ccc(C(N)=NC=NC)cc3)CC2)C1)c1ccc(N)c(C(=N)c2ccnc(C(F)F)c2)c1. The number of nitrogens with one attached hydrogen (secondary N) is 1. The van der Waals surface area contributed by atoms with Gasteiger partial charge in [-0.15, -0.1) is 0 Å². The topological polar surface area (TPSA) is 157 Å². The van der Waals surface area contributed by atoms with Crippen LogP contribution in [0, 0.1) is 11.3 Å². The summed E-state index contributed by atoms with van der Waals surface area (Å²) in [6.45, 7) is 4.71. The number of likely N-dealkylation sites (tertiary alicyclic amines) is 1. The van der Waals surface area contributed by atoms with Crippen LogP contribution in [0.1, 0.15) is 54.1 Å². The number of aliphatic imine (C=N–C) groups is 2. The summed E-state index contributed by atoms with van der Waals surface area (Å²) >= 11 is 0. The number of nitrogen functional groups attached to an aromatic ring is 1. The fourth-order valence-corrected chi connectivity index (χ4v) is 6.17. The first-order valence-electron chi connectivity index (χ1n) is 16.2. The second-order valence-electron chi connectivity index (χ2n) is 12.0. The van der Waals surface area contributed by atoms with Crippen molar-refractivity contribution in [2.45, 2.75) is 26.2 Å². The van der Waals surface area contributed by atoms with E-state index in [1.54, 1.807) is 30.1 Å². The zero-order valence-corrected chi connectivity index (χ0v) is 27.7. The number of benzene rings is 2. The first-order chi connectivity index (χ1) is 23.6. The van der Waals surface area contributed by atoms with Crippen molar-refractivity contribution in [3.05, 3.63) is 94.8 Å². The highest BCUT2D eigenvalue weighted by Gasteiger charge is 2.33. The Morgan fingerprint density at radius 2 is 1.90 bits per heavy atom. The summed E-state index contributed by atoms with van der Waals surface area (Å²) in [6, 6.07) is 15.5. The number of aromatic nitrogens is 1. The lowest BCUT2D eigenvalue weighted by molar-refractivity contribution is -0.132. The van der Waals surface area contributed by atoms with Crippen molar-refractivity contribution in [3.8, 4) is 0 Å². The monoisotopic (exact) mass is 669 g/mol. The first-order valence-corrected chi connectivity index (χ1v) is 16.2. The van der Waals surface area contributed by atoms with Gasteiger partial charge in [-0.2, -0.15) is 0 Å². The molecule has 13 heteroatoms. The van der Waals surface area contributed by atoms with E-state index in [1.807, 2.05) is 41.0 Å². The highest BCUT2D eigenvalue weighted by atomic mass is 19.3. The summed E-state index contributed by atoms with van der Waals surface area (Å²) in [6.07, 6.45) is 3.32. The molecule has 0 spiro atoms. The number of nitrogens with two attached hydrogens (primary N) is 2. The van der Waals surface area contributed by atoms with Crippen LogP contribution in [0.25, 0.3) is 5.57 Å². The summed E-state index contributed by atoms with van der Waals surface area (Å²) in [5.74, 6) is 0.0466. The number of amides is 2. The number of hydrogen-bond donors (Lipinski definition) is 3. The number of halogens is 2. The molecule has 0 saturated carbocycles. The molecule has 1 aromatic heterocycles. The van der Waals surface area contributed by atoms with E-state index in [4.69, 9.17) is 16.9 Å². The Hall–Kier alpha value is -5.30. The molecule has 1 fully saturated rings. The van der Waals surface area contributed by atoms with Crippen LogP contribution in [0.5, 0.6) is 0 Å². The number of carbonyl (C=O) groups is 2. The van der Waals surface area contributed by atoms with Crippen molar-refractivity contribution in [3.63, 3.8) is 0 Å². The lowest BCUT2D eigenvalue weighted by atomic mass is 9.98. The molecule has 0 radical (unpaired) electrons. The fraction of sp³-hybridized carbons (Fsp3) is 0.333. The van der Waals surface area contributed by atoms with Crippen LogP contribution >= 0.6 is 0 Å². The van der Waals surface area contributed by atoms with Gasteiger partial charge >= 0.3 is 0 Å². The molecule has 5 rings (SSSR count). The van der Waals surface area contributed by atoms with Gasteiger partial charge in [0.1, 0.15) is 17.9 Å². The third kappa shape index (κ3) is 8.23. The summed E-state index contributed by atoms with van der Waals surface area (Å²) in [5.41, 5.74) is 16.2. The Labute approximate surface area is 284 Å². The normalized spacial score (nSPS) is 17.1. The summed E-state index contributed by atoms with van der Waals surface area (Å²) in [4.78, 5) is 44.1. The first kappa shape index (κ1) is 35.0. The minimum absolute atomic E-state index is 0.0282. The number of nitrogens with zero attached hydrogens (tertiary/aromatic N) is 6. The third-order valence-corrected chi connectivity index (χ3v) is 8.90. The van der Waals surface area contributed by atoms with Crippen molar-refractivity contribution in [1.29, 1.82) is 5.41 Å². The highest BCUT2D eigenvalue weighted by molar-refractivity contribution is 6.14. The molecule has 2 aliphatic heterocycles. The van der Waals surface area contributed by atoms with Crippen molar-refractivity contribution in [2.75, 3.05) is 56.9 Å². The fourth-order valence-electron chi connectivity index (χ4n) is 6.17. The number of anilines is 2. The van der Waals surface area contributed by atoms with Crippen molar-refractivity contribution < 1.29 is 18.4 Å². The third-order valence-electron chi connectivity index (χ3n) is 8.90. The maximum Gasteiger partial charge on any atom is 0.280 e. The molecule has 1 unspecified atom stereocenters. The Balaban J connectivity index is 1.18. The molecule has 2 aliphatic rings. The molecule has 2 amide bonds. The van der Waals surface area contributed by atoms with Crippen LogP contribution < -0.4 is 16.4 Å². The molecule has 3 aromatic rings. The number of carbonyl (C=O) groups excluding carboxylic acids is 2. The van der Waals surface area contributed by atoms with Crippen LogP contribution in [-0.4, -0.2) is 90.8 Å². The average molecular weight is 670 g/mol. The maximum atomic E-state index is 13.7. The van der Waals surface area contributed by atoms with Gasteiger partial charge in [0.05, 0.1) is 18.2 Å². The van der Waals surface area contributed by atoms with E-state index >= 15 is 0 Å². The lowest BCUT2D eigenvalue weighted by Gasteiger charge is -2.29. The van der Waals surface area contributed by atoms with Gasteiger partial charge in [0, 0.05) is 67.5 Å². The number of alkyl halides is 2. The Kier molecular flexibility index (Phi) is 11.2. The van der Waals surface area contributed by atoms with Gasteiger partial charge in [-0.3, -0.25) is 29.9 Å². The van der Waals surface area contributed by atoms with Crippen LogP contribution in [0.2, 0.25) is 0 Å². The van der Waals surface area contributed by atoms with Gasteiger partial charge in [-0.25, -0.2) is 13.8 Å². The van der Waals surface area contributed by atoms with E-state index < -0.39 is 12.1 Å². The molecule has 1 saturated heterocycles. The van der Waals surface area contributed by atoms with E-state index in [2.05, 4.69) is 21.0 Å². The van der Waals surface area contributed by atoms with E-state index in [1.165, 1.54) is 30.2 Å². The van der Waals surface area contributed by atoms with Gasteiger partial charge in [0.25, 0.3) is 6.43 Å². The van der Waals surface area contributed by atoms with Crippen LogP contribution in [-0.2, 0) is 9.59 Å². The van der Waals surface area contributed by atoms with Gasteiger partial charge in [0.15, 0.2) is 0 Å². The molecule has 0 aliphatic carbocycles. The minimum atomic E-state index is -2.77. The van der Waals surface area contributed by atoms with Gasteiger partial charge in [-0.1, -0.05) is 30.3 Å². The zero-order chi connectivity index (χ0) is 35.1.